The van der Waals surface area contributed by atoms with E-state index in [-0.39, 0.29) is 0 Å². The molecule has 0 radical (unpaired) electrons. The van der Waals surface area contributed by atoms with Crippen molar-refractivity contribution < 1.29 is 0 Å². The zero-order valence-electron chi connectivity index (χ0n) is 12.7. The first kappa shape index (κ1) is 17.4. The lowest BCUT2D eigenvalue weighted by Crippen LogP contribution is -2.35. The molecule has 0 aliphatic rings. The van der Waals surface area contributed by atoms with Crippen molar-refractivity contribution in [1.82, 2.24) is 4.90 Å². The second kappa shape index (κ2) is 7.96. The van der Waals surface area contributed by atoms with Gasteiger partial charge in [-0.15, -0.1) is 0 Å². The summed E-state index contributed by atoms with van der Waals surface area (Å²) in [4.78, 5) is 4.99. The van der Waals surface area contributed by atoms with Gasteiger partial charge in [-0.2, -0.15) is 0 Å². The van der Waals surface area contributed by atoms with Gasteiger partial charge in [0.05, 0.1) is 0 Å². The van der Waals surface area contributed by atoms with Gasteiger partial charge in [0.25, 0.3) is 0 Å². The second-order valence-electron chi connectivity index (χ2n) is 5.64. The molecule has 112 valence electrons. The van der Waals surface area contributed by atoms with E-state index in [0.29, 0.717) is 10.9 Å². The number of likely N-dealkylation sites (N-methyl/N-ethyl adjacent to an activating group) is 1. The van der Waals surface area contributed by atoms with Crippen LogP contribution < -0.4 is 10.6 Å². The van der Waals surface area contributed by atoms with Crippen LogP contribution in [0, 0.1) is 5.92 Å². The third-order valence-electron chi connectivity index (χ3n) is 2.98. The molecule has 0 spiro atoms. The van der Waals surface area contributed by atoms with E-state index < -0.39 is 0 Å². The summed E-state index contributed by atoms with van der Waals surface area (Å²) < 4.78 is 0.959. The molecule has 0 saturated heterocycles. The van der Waals surface area contributed by atoms with Crippen molar-refractivity contribution in [3.05, 3.63) is 28.2 Å². The van der Waals surface area contributed by atoms with Gasteiger partial charge in [-0.3, -0.25) is 0 Å². The third-order valence-corrected chi connectivity index (χ3v) is 3.85. The van der Waals surface area contributed by atoms with E-state index >= 15 is 0 Å². The summed E-state index contributed by atoms with van der Waals surface area (Å²) in [7, 11) is 4.17. The van der Waals surface area contributed by atoms with Crippen molar-refractivity contribution in [3.63, 3.8) is 0 Å². The Bertz CT molecular complexity index is 460. The summed E-state index contributed by atoms with van der Waals surface area (Å²) in [5.41, 5.74) is 7.95. The third kappa shape index (κ3) is 5.04. The topological polar surface area (TPSA) is 32.5 Å². The first-order valence-corrected chi connectivity index (χ1v) is 8.01. The fourth-order valence-electron chi connectivity index (χ4n) is 2.09. The van der Waals surface area contributed by atoms with Crippen LogP contribution in [-0.4, -0.2) is 43.6 Å². The predicted octanol–water partition coefficient (Wildman–Crippen LogP) is 3.11. The van der Waals surface area contributed by atoms with Crippen molar-refractivity contribution in [2.24, 2.45) is 11.7 Å². The SMILES string of the molecule is CC(C)CN(CCN(C)C)c1cccc(Br)c1C(N)=S. The van der Waals surface area contributed by atoms with Gasteiger partial charge in [0, 0.05) is 35.4 Å². The van der Waals surface area contributed by atoms with E-state index in [1.165, 1.54) is 0 Å². The lowest BCUT2D eigenvalue weighted by atomic mass is 10.1. The molecule has 0 saturated carbocycles. The fourth-order valence-corrected chi connectivity index (χ4v) is 3.01. The molecule has 1 aromatic rings. The smallest absolute Gasteiger partial charge is 0.107 e. The normalized spacial score (nSPS) is 11.2. The minimum absolute atomic E-state index is 0.436. The van der Waals surface area contributed by atoms with Crippen LogP contribution in [0.4, 0.5) is 5.69 Å². The highest BCUT2D eigenvalue weighted by Gasteiger charge is 2.16. The molecule has 1 aromatic carbocycles. The predicted molar refractivity (Wildman–Crippen MR) is 95.6 cm³/mol. The van der Waals surface area contributed by atoms with Gasteiger partial charge < -0.3 is 15.5 Å². The monoisotopic (exact) mass is 357 g/mol. The second-order valence-corrected chi connectivity index (χ2v) is 6.94. The minimum atomic E-state index is 0.436. The molecule has 3 nitrogen and oxygen atoms in total. The van der Waals surface area contributed by atoms with Crippen LogP contribution in [0.5, 0.6) is 0 Å². The first-order valence-electron chi connectivity index (χ1n) is 6.81. The number of rotatable bonds is 7. The number of benzene rings is 1. The summed E-state index contributed by atoms with van der Waals surface area (Å²) in [6.07, 6.45) is 0. The Morgan fingerprint density at radius 3 is 2.45 bits per heavy atom. The van der Waals surface area contributed by atoms with E-state index in [4.69, 9.17) is 18.0 Å². The van der Waals surface area contributed by atoms with Crippen LogP contribution in [-0.2, 0) is 0 Å². The fraction of sp³-hybridized carbons (Fsp3) is 0.533. The summed E-state index contributed by atoms with van der Waals surface area (Å²) in [5.74, 6) is 0.579. The number of thiocarbonyl (C=S) groups is 1. The van der Waals surface area contributed by atoms with Gasteiger partial charge in [0.1, 0.15) is 4.99 Å². The average Bonchev–Trinajstić information content (AvgIpc) is 2.33. The maximum Gasteiger partial charge on any atom is 0.107 e. The largest absolute Gasteiger partial charge is 0.389 e. The average molecular weight is 358 g/mol. The van der Waals surface area contributed by atoms with Crippen LogP contribution in [0.15, 0.2) is 22.7 Å². The van der Waals surface area contributed by atoms with Gasteiger partial charge in [0.15, 0.2) is 0 Å². The Morgan fingerprint density at radius 1 is 1.30 bits per heavy atom. The first-order chi connectivity index (χ1) is 9.32. The molecule has 0 amide bonds. The molecule has 2 N–H and O–H groups in total. The Labute approximate surface area is 136 Å². The Hall–Kier alpha value is -0.650. The van der Waals surface area contributed by atoms with Crippen LogP contribution in [0.2, 0.25) is 0 Å². The van der Waals surface area contributed by atoms with E-state index in [0.717, 1.165) is 35.4 Å². The van der Waals surface area contributed by atoms with E-state index in [1.54, 1.807) is 0 Å². The summed E-state index contributed by atoms with van der Waals surface area (Å²) in [6.45, 7) is 7.38. The van der Waals surface area contributed by atoms with E-state index in [9.17, 15) is 0 Å². The molecule has 1 rings (SSSR count). The zero-order valence-corrected chi connectivity index (χ0v) is 15.1. The summed E-state index contributed by atoms with van der Waals surface area (Å²) >= 11 is 8.77. The van der Waals surface area contributed by atoms with Gasteiger partial charge in [-0.25, -0.2) is 0 Å². The highest BCUT2D eigenvalue weighted by atomic mass is 79.9. The molecule has 0 fully saturated rings. The number of hydrogen-bond acceptors (Lipinski definition) is 3. The maximum absolute atomic E-state index is 5.90. The maximum atomic E-state index is 5.90. The Morgan fingerprint density at radius 2 is 1.95 bits per heavy atom. The highest BCUT2D eigenvalue weighted by Crippen LogP contribution is 2.28. The Kier molecular flexibility index (Phi) is 6.92. The number of halogens is 1. The van der Waals surface area contributed by atoms with Gasteiger partial charge in [0.2, 0.25) is 0 Å². The van der Waals surface area contributed by atoms with Crippen molar-refractivity contribution in [2.45, 2.75) is 13.8 Å². The van der Waals surface area contributed by atoms with Crippen LogP contribution in [0.25, 0.3) is 0 Å². The molecule has 0 unspecified atom stereocenters. The molecular weight excluding hydrogens is 334 g/mol. The Balaban J connectivity index is 3.12. The number of nitrogens with zero attached hydrogens (tertiary/aromatic N) is 2. The lowest BCUT2D eigenvalue weighted by molar-refractivity contribution is 0.409. The quantitative estimate of drug-likeness (QED) is 0.760. The molecule has 0 aliphatic heterocycles. The number of nitrogens with two attached hydrogens (primary N) is 1. The molecular formula is C15H24BrN3S. The molecule has 0 atom stereocenters. The van der Waals surface area contributed by atoms with Crippen molar-refractivity contribution in [2.75, 3.05) is 38.6 Å². The summed E-state index contributed by atoms with van der Waals surface area (Å²) in [5, 5.41) is 0. The number of anilines is 1. The van der Waals surface area contributed by atoms with Crippen molar-refractivity contribution in [3.8, 4) is 0 Å². The molecule has 0 aliphatic carbocycles. The lowest BCUT2D eigenvalue weighted by Gasteiger charge is -2.30. The van der Waals surface area contributed by atoms with Crippen LogP contribution >= 0.6 is 28.1 Å². The van der Waals surface area contributed by atoms with Gasteiger partial charge >= 0.3 is 0 Å². The highest BCUT2D eigenvalue weighted by molar-refractivity contribution is 9.10. The molecule has 0 bridgehead atoms. The molecule has 0 aromatic heterocycles. The summed E-state index contributed by atoms with van der Waals surface area (Å²) in [6, 6.07) is 6.11. The molecule has 5 heteroatoms. The van der Waals surface area contributed by atoms with Gasteiger partial charge in [-0.05, 0) is 48.1 Å². The number of hydrogen-bond donors (Lipinski definition) is 1. The van der Waals surface area contributed by atoms with Crippen molar-refractivity contribution >= 4 is 38.8 Å². The standard InChI is InChI=1S/C15H24BrN3S/c1-11(2)10-19(9-8-18(3)4)13-7-5-6-12(16)14(13)15(17)20/h5-7,11H,8-10H2,1-4H3,(H2,17,20). The van der Waals surface area contributed by atoms with Crippen molar-refractivity contribution in [1.29, 1.82) is 0 Å². The zero-order chi connectivity index (χ0) is 15.3. The molecule has 20 heavy (non-hydrogen) atoms. The van der Waals surface area contributed by atoms with E-state index in [2.05, 4.69) is 59.7 Å². The van der Waals surface area contributed by atoms with Crippen LogP contribution in [0.1, 0.15) is 19.4 Å². The van der Waals surface area contributed by atoms with Crippen LogP contribution in [0.3, 0.4) is 0 Å². The minimum Gasteiger partial charge on any atom is -0.389 e. The van der Waals surface area contributed by atoms with E-state index in [1.807, 2.05) is 12.1 Å². The molecule has 0 heterocycles. The van der Waals surface area contributed by atoms with Gasteiger partial charge in [-0.1, -0.05) is 32.1 Å².